The molecule has 0 fully saturated rings. The minimum Gasteiger partial charge on any atom is -0.480 e. The van der Waals surface area contributed by atoms with E-state index in [1.807, 2.05) is 0 Å². The Bertz CT molecular complexity index is 718. The molecule has 8 heteroatoms. The van der Waals surface area contributed by atoms with Crippen LogP contribution in [0.4, 0.5) is 0 Å². The highest BCUT2D eigenvalue weighted by Gasteiger charge is 2.21. The summed E-state index contributed by atoms with van der Waals surface area (Å²) >= 11 is 12.3. The van der Waals surface area contributed by atoms with Crippen molar-refractivity contribution in [3.63, 3.8) is 0 Å². The lowest BCUT2D eigenvalue weighted by atomic mass is 10.1. The van der Waals surface area contributed by atoms with Crippen LogP contribution in [0.1, 0.15) is 15.9 Å². The number of aromatic nitrogens is 1. The van der Waals surface area contributed by atoms with Gasteiger partial charge in [0.2, 0.25) is 0 Å². The number of nitrogens with one attached hydrogen (secondary N) is 1. The molecule has 0 radical (unpaired) electrons. The Morgan fingerprint density at radius 3 is 2.39 bits per heavy atom. The van der Waals surface area contributed by atoms with Gasteiger partial charge in [0.05, 0.1) is 0 Å². The van der Waals surface area contributed by atoms with Crippen LogP contribution in [0.15, 0.2) is 45.5 Å². The Labute approximate surface area is 154 Å². The molecule has 2 rings (SSSR count). The lowest BCUT2D eigenvalue weighted by Gasteiger charge is -2.15. The first kappa shape index (κ1) is 17.9. The lowest BCUT2D eigenvalue weighted by molar-refractivity contribution is -0.139. The van der Waals surface area contributed by atoms with Gasteiger partial charge in [0.1, 0.15) is 11.2 Å². The fourth-order valence-corrected chi connectivity index (χ4v) is 3.29. The van der Waals surface area contributed by atoms with Crippen LogP contribution in [0.3, 0.4) is 0 Å². The van der Waals surface area contributed by atoms with Crippen molar-refractivity contribution in [3.8, 4) is 0 Å². The van der Waals surface area contributed by atoms with Crippen LogP contribution in [-0.2, 0) is 11.2 Å². The predicted octanol–water partition coefficient (Wildman–Crippen LogP) is 3.69. The SMILES string of the molecule is O=C(N[C@H](Cc1ccc(Cl)nc1)C(=O)O)c1cc(Br)cc(Br)c1. The Hall–Kier alpha value is -1.44. The smallest absolute Gasteiger partial charge is 0.326 e. The molecule has 1 aromatic heterocycles. The van der Waals surface area contributed by atoms with Crippen molar-refractivity contribution in [3.05, 3.63) is 61.8 Å². The molecule has 0 saturated heterocycles. The van der Waals surface area contributed by atoms with E-state index in [9.17, 15) is 14.7 Å². The predicted molar refractivity (Wildman–Crippen MR) is 93.7 cm³/mol. The Kier molecular flexibility index (Phi) is 6.15. The van der Waals surface area contributed by atoms with Gasteiger partial charge in [-0.2, -0.15) is 0 Å². The maximum atomic E-state index is 12.3. The van der Waals surface area contributed by atoms with Crippen LogP contribution >= 0.6 is 43.5 Å². The number of carboxylic acid groups (broad SMARTS) is 1. The largest absolute Gasteiger partial charge is 0.480 e. The highest BCUT2D eigenvalue weighted by molar-refractivity contribution is 9.11. The number of carbonyl (C=O) groups excluding carboxylic acids is 1. The maximum absolute atomic E-state index is 12.3. The molecule has 0 spiro atoms. The quantitative estimate of drug-likeness (QED) is 0.665. The molecule has 0 bridgehead atoms. The van der Waals surface area contributed by atoms with E-state index in [1.54, 1.807) is 30.3 Å². The van der Waals surface area contributed by atoms with E-state index >= 15 is 0 Å². The lowest BCUT2D eigenvalue weighted by Crippen LogP contribution is -2.42. The molecule has 120 valence electrons. The third-order valence-electron chi connectivity index (χ3n) is 2.96. The topological polar surface area (TPSA) is 79.3 Å². The number of hydrogen-bond acceptors (Lipinski definition) is 3. The van der Waals surface area contributed by atoms with Crippen molar-refractivity contribution in [2.24, 2.45) is 0 Å². The first-order valence-corrected chi connectivity index (χ1v) is 8.42. The van der Waals surface area contributed by atoms with Crippen LogP contribution in [0.25, 0.3) is 0 Å². The summed E-state index contributed by atoms with van der Waals surface area (Å²) in [5.41, 5.74) is 1.02. The Morgan fingerprint density at radius 2 is 1.87 bits per heavy atom. The van der Waals surface area contributed by atoms with E-state index in [2.05, 4.69) is 42.2 Å². The van der Waals surface area contributed by atoms with Crippen LogP contribution in [-0.4, -0.2) is 28.0 Å². The van der Waals surface area contributed by atoms with Crippen molar-refractivity contribution in [1.82, 2.24) is 10.3 Å². The first-order valence-electron chi connectivity index (χ1n) is 6.45. The molecular weight excluding hydrogens is 451 g/mol. The van der Waals surface area contributed by atoms with Crippen LogP contribution in [0.2, 0.25) is 5.15 Å². The number of hydrogen-bond donors (Lipinski definition) is 2. The number of amides is 1. The van der Waals surface area contributed by atoms with Crippen LogP contribution in [0.5, 0.6) is 0 Å². The average Bonchev–Trinajstić information content (AvgIpc) is 2.47. The molecule has 0 aliphatic carbocycles. The summed E-state index contributed by atoms with van der Waals surface area (Å²) in [7, 11) is 0. The molecule has 5 nitrogen and oxygen atoms in total. The van der Waals surface area contributed by atoms with E-state index in [1.165, 1.54) is 6.20 Å². The van der Waals surface area contributed by atoms with Gasteiger partial charge in [-0.15, -0.1) is 0 Å². The van der Waals surface area contributed by atoms with Gasteiger partial charge in [0.25, 0.3) is 5.91 Å². The zero-order chi connectivity index (χ0) is 17.0. The van der Waals surface area contributed by atoms with E-state index in [0.717, 1.165) is 0 Å². The first-order chi connectivity index (χ1) is 10.8. The number of nitrogens with zero attached hydrogens (tertiary/aromatic N) is 1. The van der Waals surface area contributed by atoms with Crippen molar-refractivity contribution < 1.29 is 14.7 Å². The van der Waals surface area contributed by atoms with Gasteiger partial charge < -0.3 is 10.4 Å². The fourth-order valence-electron chi connectivity index (χ4n) is 1.89. The average molecular weight is 463 g/mol. The summed E-state index contributed by atoms with van der Waals surface area (Å²) < 4.78 is 1.43. The highest BCUT2D eigenvalue weighted by Crippen LogP contribution is 2.20. The summed E-state index contributed by atoms with van der Waals surface area (Å²) in [6.45, 7) is 0. The molecule has 1 amide bonds. The maximum Gasteiger partial charge on any atom is 0.326 e. The minimum atomic E-state index is -1.12. The van der Waals surface area contributed by atoms with Crippen molar-refractivity contribution in [2.45, 2.75) is 12.5 Å². The van der Waals surface area contributed by atoms with Crippen molar-refractivity contribution in [1.29, 1.82) is 0 Å². The molecule has 23 heavy (non-hydrogen) atoms. The van der Waals surface area contributed by atoms with Crippen LogP contribution in [0, 0.1) is 0 Å². The third kappa shape index (κ3) is 5.30. The summed E-state index contributed by atoms with van der Waals surface area (Å²) in [6.07, 6.45) is 1.60. The van der Waals surface area contributed by atoms with Gasteiger partial charge in [-0.3, -0.25) is 4.79 Å². The van der Waals surface area contributed by atoms with Gasteiger partial charge in [0.15, 0.2) is 0 Å². The normalized spacial score (nSPS) is 11.8. The summed E-state index contributed by atoms with van der Waals surface area (Å²) in [6, 6.07) is 7.19. The van der Waals surface area contributed by atoms with Gasteiger partial charge in [0, 0.05) is 27.1 Å². The van der Waals surface area contributed by atoms with E-state index in [4.69, 9.17) is 11.6 Å². The second-order valence-electron chi connectivity index (χ2n) is 4.72. The number of pyridine rings is 1. The van der Waals surface area contributed by atoms with Gasteiger partial charge >= 0.3 is 5.97 Å². The number of halogens is 3. The number of aliphatic carboxylic acids is 1. The number of benzene rings is 1. The second-order valence-corrected chi connectivity index (χ2v) is 6.93. The number of carboxylic acids is 1. The zero-order valence-electron chi connectivity index (χ0n) is 11.6. The third-order valence-corrected chi connectivity index (χ3v) is 4.10. The molecule has 0 saturated carbocycles. The summed E-state index contributed by atoms with van der Waals surface area (Å²) in [4.78, 5) is 27.5. The van der Waals surface area contributed by atoms with Crippen LogP contribution < -0.4 is 5.32 Å². The zero-order valence-corrected chi connectivity index (χ0v) is 15.5. The van der Waals surface area contributed by atoms with Gasteiger partial charge in [-0.1, -0.05) is 49.5 Å². The standard InChI is InChI=1S/C15H11Br2ClN2O3/c16-10-4-9(5-11(17)6-10)14(21)20-12(15(22)23)3-8-1-2-13(18)19-7-8/h1-2,4-7,12H,3H2,(H,20,21)(H,22,23)/t12-/m1/s1. The van der Waals surface area contributed by atoms with Gasteiger partial charge in [-0.25, -0.2) is 9.78 Å². The molecule has 0 aliphatic rings. The fraction of sp³-hybridized carbons (Fsp3) is 0.133. The molecule has 1 heterocycles. The van der Waals surface area contributed by atoms with E-state index < -0.39 is 17.9 Å². The Balaban J connectivity index is 2.14. The Morgan fingerprint density at radius 1 is 1.22 bits per heavy atom. The molecular formula is C15H11Br2ClN2O3. The monoisotopic (exact) mass is 460 g/mol. The molecule has 0 aliphatic heterocycles. The number of rotatable bonds is 5. The van der Waals surface area contributed by atoms with E-state index in [-0.39, 0.29) is 6.42 Å². The van der Waals surface area contributed by atoms with Crippen molar-refractivity contribution >= 4 is 55.3 Å². The highest BCUT2D eigenvalue weighted by atomic mass is 79.9. The molecule has 0 unspecified atom stereocenters. The van der Waals surface area contributed by atoms with Gasteiger partial charge in [-0.05, 0) is 29.8 Å². The molecule has 2 N–H and O–H groups in total. The van der Waals surface area contributed by atoms with E-state index in [0.29, 0.717) is 25.2 Å². The number of carbonyl (C=O) groups is 2. The minimum absolute atomic E-state index is 0.112. The molecule has 2 aromatic rings. The molecule has 1 atom stereocenters. The molecule has 1 aromatic carbocycles. The summed E-state index contributed by atoms with van der Waals surface area (Å²) in [5.74, 6) is -1.59. The van der Waals surface area contributed by atoms with Crippen molar-refractivity contribution in [2.75, 3.05) is 0 Å². The second kappa shape index (κ2) is 7.90. The summed E-state index contributed by atoms with van der Waals surface area (Å²) in [5, 5.41) is 12.1.